The van der Waals surface area contributed by atoms with Gasteiger partial charge in [-0.1, -0.05) is 23.7 Å². The van der Waals surface area contributed by atoms with Gasteiger partial charge in [-0.05, 0) is 12.1 Å². The van der Waals surface area contributed by atoms with E-state index in [9.17, 15) is 9.59 Å². The average Bonchev–Trinajstić information content (AvgIpc) is 2.61. The number of H-pyrrole nitrogens is 2. The minimum absolute atomic E-state index is 0.160. The highest BCUT2D eigenvalue weighted by atomic mass is 35.5. The van der Waals surface area contributed by atoms with Gasteiger partial charge in [-0.25, -0.2) is 9.59 Å². The first-order valence-electron chi connectivity index (χ1n) is 4.39. The van der Waals surface area contributed by atoms with E-state index in [-0.39, 0.29) is 11.4 Å². The zero-order valence-corrected chi connectivity index (χ0v) is 8.71. The summed E-state index contributed by atoms with van der Waals surface area (Å²) in [4.78, 5) is 26.6. The number of rotatable bonds is 2. The molecule has 6 heteroatoms. The number of nitrogens with one attached hydrogen (secondary N) is 2. The van der Waals surface area contributed by atoms with E-state index in [1.54, 1.807) is 24.3 Å². The molecule has 0 bridgehead atoms. The summed E-state index contributed by atoms with van der Waals surface area (Å²) in [7, 11) is 0. The van der Waals surface area contributed by atoms with Crippen LogP contribution in [0.25, 0.3) is 11.3 Å². The zero-order chi connectivity index (χ0) is 11.7. The van der Waals surface area contributed by atoms with Gasteiger partial charge in [0.05, 0.1) is 5.69 Å². The number of hydrogen-bond donors (Lipinski definition) is 3. The van der Waals surface area contributed by atoms with Gasteiger partial charge in [-0.15, -0.1) is 0 Å². The lowest BCUT2D eigenvalue weighted by Crippen LogP contribution is -2.03. The van der Waals surface area contributed by atoms with Crippen molar-refractivity contribution in [2.24, 2.45) is 0 Å². The Balaban J connectivity index is 2.59. The molecule has 0 amide bonds. The maximum Gasteiger partial charge on any atom is 0.354 e. The maximum absolute atomic E-state index is 11.1. The van der Waals surface area contributed by atoms with Crippen LogP contribution in [-0.4, -0.2) is 21.0 Å². The molecule has 0 fully saturated rings. The Bertz CT molecular complexity index is 583. The highest BCUT2D eigenvalue weighted by Gasteiger charge is 2.15. The van der Waals surface area contributed by atoms with E-state index in [0.29, 0.717) is 10.6 Å². The molecular weight excluding hydrogens is 232 g/mol. The van der Waals surface area contributed by atoms with Gasteiger partial charge in [0.15, 0.2) is 5.69 Å². The molecule has 0 radical (unpaired) electrons. The molecular formula is C10H7ClN2O3. The number of aromatic nitrogens is 2. The molecule has 0 saturated carbocycles. The number of imidazole rings is 1. The lowest BCUT2D eigenvalue weighted by atomic mass is 10.1. The van der Waals surface area contributed by atoms with Crippen LogP contribution in [0.15, 0.2) is 29.1 Å². The molecule has 0 atom stereocenters. The van der Waals surface area contributed by atoms with Crippen molar-refractivity contribution in [3.8, 4) is 11.3 Å². The Labute approximate surface area is 94.7 Å². The van der Waals surface area contributed by atoms with Crippen LogP contribution in [-0.2, 0) is 0 Å². The first kappa shape index (κ1) is 10.5. The van der Waals surface area contributed by atoms with Crippen molar-refractivity contribution in [1.82, 2.24) is 9.97 Å². The predicted octanol–water partition coefficient (Wildman–Crippen LogP) is 1.72. The lowest BCUT2D eigenvalue weighted by molar-refractivity contribution is 0.0692. The number of carbonyl (C=O) groups is 1. The monoisotopic (exact) mass is 238 g/mol. The first-order valence-corrected chi connectivity index (χ1v) is 4.77. The van der Waals surface area contributed by atoms with Crippen LogP contribution < -0.4 is 5.69 Å². The number of carboxylic acids is 1. The molecule has 2 aromatic rings. The standard InChI is InChI=1S/C10H7ClN2O3/c11-6-3-1-5(2-4-6)7-8(9(14)15)13-10(16)12-7/h1-4H,(H,14,15)(H2,12,13,16). The molecule has 1 aromatic heterocycles. The molecule has 1 heterocycles. The second-order valence-electron chi connectivity index (χ2n) is 3.14. The van der Waals surface area contributed by atoms with Crippen LogP contribution in [0.1, 0.15) is 10.5 Å². The molecule has 0 saturated heterocycles. The predicted molar refractivity (Wildman–Crippen MR) is 58.8 cm³/mol. The highest BCUT2D eigenvalue weighted by Crippen LogP contribution is 2.21. The molecule has 0 unspecified atom stereocenters. The van der Waals surface area contributed by atoms with Crippen molar-refractivity contribution in [2.75, 3.05) is 0 Å². The Morgan fingerprint density at radius 1 is 1.19 bits per heavy atom. The van der Waals surface area contributed by atoms with E-state index in [0.717, 1.165) is 0 Å². The summed E-state index contributed by atoms with van der Waals surface area (Å²) < 4.78 is 0. The van der Waals surface area contributed by atoms with Crippen molar-refractivity contribution >= 4 is 17.6 Å². The fourth-order valence-electron chi connectivity index (χ4n) is 1.38. The minimum Gasteiger partial charge on any atom is -0.477 e. The topological polar surface area (TPSA) is 85.9 Å². The normalized spacial score (nSPS) is 10.3. The van der Waals surface area contributed by atoms with E-state index >= 15 is 0 Å². The van der Waals surface area contributed by atoms with Gasteiger partial charge >= 0.3 is 11.7 Å². The Morgan fingerprint density at radius 3 is 2.38 bits per heavy atom. The number of aromatic carboxylic acids is 1. The van der Waals surface area contributed by atoms with E-state index in [2.05, 4.69) is 9.97 Å². The molecule has 3 N–H and O–H groups in total. The summed E-state index contributed by atoms with van der Waals surface area (Å²) >= 11 is 5.71. The van der Waals surface area contributed by atoms with E-state index in [1.807, 2.05) is 0 Å². The summed E-state index contributed by atoms with van der Waals surface area (Å²) in [5.74, 6) is -1.19. The number of benzene rings is 1. The summed E-state index contributed by atoms with van der Waals surface area (Å²) in [5, 5.41) is 9.42. The Hall–Kier alpha value is -2.01. The smallest absolute Gasteiger partial charge is 0.354 e. The molecule has 2 rings (SSSR count). The maximum atomic E-state index is 11.1. The second kappa shape index (κ2) is 3.86. The van der Waals surface area contributed by atoms with Crippen LogP contribution in [0.5, 0.6) is 0 Å². The number of hydrogen-bond acceptors (Lipinski definition) is 2. The lowest BCUT2D eigenvalue weighted by Gasteiger charge is -1.99. The highest BCUT2D eigenvalue weighted by molar-refractivity contribution is 6.30. The third kappa shape index (κ3) is 1.85. The summed E-state index contributed by atoms with van der Waals surface area (Å²) in [5.41, 5.74) is 0.115. The first-order chi connectivity index (χ1) is 7.58. The molecule has 0 aliphatic carbocycles. The quantitative estimate of drug-likeness (QED) is 0.745. The van der Waals surface area contributed by atoms with Gasteiger partial charge in [-0.2, -0.15) is 0 Å². The second-order valence-corrected chi connectivity index (χ2v) is 3.58. The Kier molecular flexibility index (Phi) is 2.54. The largest absolute Gasteiger partial charge is 0.477 e. The molecule has 0 spiro atoms. The summed E-state index contributed by atoms with van der Waals surface area (Å²) in [6, 6.07) is 6.50. The van der Waals surface area contributed by atoms with Gasteiger partial charge in [0, 0.05) is 10.6 Å². The Morgan fingerprint density at radius 2 is 1.81 bits per heavy atom. The van der Waals surface area contributed by atoms with Crippen molar-refractivity contribution in [1.29, 1.82) is 0 Å². The molecule has 5 nitrogen and oxygen atoms in total. The molecule has 16 heavy (non-hydrogen) atoms. The third-order valence-corrected chi connectivity index (χ3v) is 2.33. The van der Waals surface area contributed by atoms with Gasteiger partial charge in [0.2, 0.25) is 0 Å². The zero-order valence-electron chi connectivity index (χ0n) is 7.95. The average molecular weight is 239 g/mol. The van der Waals surface area contributed by atoms with E-state index in [4.69, 9.17) is 16.7 Å². The van der Waals surface area contributed by atoms with Crippen LogP contribution in [0.3, 0.4) is 0 Å². The number of carboxylic acid groups (broad SMARTS) is 1. The van der Waals surface area contributed by atoms with Crippen LogP contribution >= 0.6 is 11.6 Å². The van der Waals surface area contributed by atoms with Crippen LogP contribution in [0.2, 0.25) is 5.02 Å². The molecule has 0 aliphatic heterocycles. The fraction of sp³-hybridized carbons (Fsp3) is 0. The van der Waals surface area contributed by atoms with Crippen molar-refractivity contribution in [2.45, 2.75) is 0 Å². The summed E-state index contributed by atoms with van der Waals surface area (Å²) in [6.45, 7) is 0. The van der Waals surface area contributed by atoms with Gasteiger partial charge in [-0.3, -0.25) is 4.98 Å². The van der Waals surface area contributed by atoms with Crippen LogP contribution in [0, 0.1) is 0 Å². The molecule has 1 aromatic carbocycles. The van der Waals surface area contributed by atoms with Gasteiger partial charge in [0.25, 0.3) is 0 Å². The minimum atomic E-state index is -1.19. The SMILES string of the molecule is O=C(O)c1[nH]c(=O)[nH]c1-c1ccc(Cl)cc1. The van der Waals surface area contributed by atoms with Crippen molar-refractivity contribution in [3.63, 3.8) is 0 Å². The van der Waals surface area contributed by atoms with Crippen molar-refractivity contribution in [3.05, 3.63) is 45.5 Å². The van der Waals surface area contributed by atoms with Gasteiger partial charge < -0.3 is 10.1 Å². The molecule has 0 aliphatic rings. The molecule has 82 valence electrons. The number of halogens is 1. The van der Waals surface area contributed by atoms with Gasteiger partial charge in [0.1, 0.15) is 0 Å². The van der Waals surface area contributed by atoms with E-state index < -0.39 is 11.7 Å². The van der Waals surface area contributed by atoms with Crippen molar-refractivity contribution < 1.29 is 9.90 Å². The third-order valence-electron chi connectivity index (χ3n) is 2.07. The van der Waals surface area contributed by atoms with Crippen LogP contribution in [0.4, 0.5) is 0 Å². The fourth-order valence-corrected chi connectivity index (χ4v) is 1.50. The van der Waals surface area contributed by atoms with E-state index in [1.165, 1.54) is 0 Å². The summed E-state index contributed by atoms with van der Waals surface area (Å²) in [6.07, 6.45) is 0. The number of aromatic amines is 2.